The lowest BCUT2D eigenvalue weighted by Crippen LogP contribution is -2.09. The maximum atomic E-state index is 10.8. The van der Waals surface area contributed by atoms with Gasteiger partial charge < -0.3 is 19.1 Å². The van der Waals surface area contributed by atoms with E-state index in [0.29, 0.717) is 22.9 Å². The second kappa shape index (κ2) is 8.26. The minimum Gasteiger partial charge on any atom is -0.481 e. The molecular formula is C22H16N2O5. The molecule has 0 saturated carbocycles. The number of ether oxygens (including phenoxy) is 2. The number of nitrogens with zero attached hydrogens (tertiary/aromatic N) is 2. The maximum absolute atomic E-state index is 10.8. The van der Waals surface area contributed by atoms with Crippen LogP contribution in [0.25, 0.3) is 22.8 Å². The van der Waals surface area contributed by atoms with E-state index in [9.17, 15) is 4.79 Å². The Morgan fingerprint density at radius 3 is 2.52 bits per heavy atom. The van der Waals surface area contributed by atoms with Gasteiger partial charge in [-0.3, -0.25) is 0 Å². The molecule has 0 radical (unpaired) electrons. The van der Waals surface area contributed by atoms with Crippen LogP contribution in [0.2, 0.25) is 0 Å². The van der Waals surface area contributed by atoms with Crippen molar-refractivity contribution < 1.29 is 23.9 Å². The van der Waals surface area contributed by atoms with E-state index < -0.39 is 12.6 Å². The first-order valence-corrected chi connectivity index (χ1v) is 8.80. The summed E-state index contributed by atoms with van der Waals surface area (Å²) >= 11 is 0. The summed E-state index contributed by atoms with van der Waals surface area (Å²) in [4.78, 5) is 15.2. The number of aromatic nitrogens is 2. The lowest BCUT2D eigenvalue weighted by atomic mass is 10.2. The van der Waals surface area contributed by atoms with Crippen molar-refractivity contribution in [1.82, 2.24) is 10.1 Å². The third-order valence-electron chi connectivity index (χ3n) is 3.97. The Morgan fingerprint density at radius 2 is 1.69 bits per heavy atom. The number of aliphatic carboxylic acids is 1. The van der Waals surface area contributed by atoms with E-state index >= 15 is 0 Å². The summed E-state index contributed by atoms with van der Waals surface area (Å²) in [6, 6.07) is 23.7. The lowest BCUT2D eigenvalue weighted by Gasteiger charge is -2.06. The number of carboxylic acid groups (broad SMARTS) is 1. The second-order valence-corrected chi connectivity index (χ2v) is 6.04. The number of rotatable bonds is 7. The molecule has 1 N–H and O–H groups in total. The fourth-order valence-electron chi connectivity index (χ4n) is 2.68. The van der Waals surface area contributed by atoms with Gasteiger partial charge in [0.1, 0.15) is 17.2 Å². The van der Waals surface area contributed by atoms with Crippen LogP contribution in [0, 0.1) is 0 Å². The average Bonchev–Trinajstić information content (AvgIpc) is 3.23. The Hall–Kier alpha value is -4.13. The fraction of sp³-hybridized carbons (Fsp3) is 0.0455. The molecule has 29 heavy (non-hydrogen) atoms. The van der Waals surface area contributed by atoms with Gasteiger partial charge in [-0.2, -0.15) is 4.98 Å². The van der Waals surface area contributed by atoms with Crippen LogP contribution in [0.1, 0.15) is 0 Å². The molecule has 4 rings (SSSR count). The molecule has 0 saturated heterocycles. The molecule has 0 fully saturated rings. The highest BCUT2D eigenvalue weighted by molar-refractivity contribution is 5.70. The van der Waals surface area contributed by atoms with E-state index in [1.165, 1.54) is 0 Å². The van der Waals surface area contributed by atoms with Gasteiger partial charge in [0.25, 0.3) is 5.89 Å². The molecular weight excluding hydrogens is 372 g/mol. The van der Waals surface area contributed by atoms with Gasteiger partial charge in [-0.15, -0.1) is 0 Å². The van der Waals surface area contributed by atoms with Crippen LogP contribution in [0.5, 0.6) is 17.2 Å². The van der Waals surface area contributed by atoms with Crippen LogP contribution in [-0.2, 0) is 4.79 Å². The smallest absolute Gasteiger partial charge is 0.341 e. The largest absolute Gasteiger partial charge is 0.481 e. The molecule has 1 heterocycles. The van der Waals surface area contributed by atoms with Crippen molar-refractivity contribution in [3.05, 3.63) is 78.9 Å². The van der Waals surface area contributed by atoms with Crippen molar-refractivity contribution in [2.75, 3.05) is 6.61 Å². The van der Waals surface area contributed by atoms with Crippen LogP contribution in [0.4, 0.5) is 0 Å². The molecule has 0 unspecified atom stereocenters. The molecule has 0 aliphatic heterocycles. The summed E-state index contributed by atoms with van der Waals surface area (Å²) in [6.45, 7) is -0.461. The Labute approximate surface area is 166 Å². The molecule has 4 aromatic rings. The molecule has 0 aliphatic rings. The summed E-state index contributed by atoms with van der Waals surface area (Å²) in [5.74, 6) is 1.27. The molecule has 3 aromatic carbocycles. The Balaban J connectivity index is 1.59. The molecule has 0 atom stereocenters. The number of para-hydroxylation sites is 2. The topological polar surface area (TPSA) is 94.7 Å². The zero-order valence-corrected chi connectivity index (χ0v) is 15.2. The van der Waals surface area contributed by atoms with E-state index in [-0.39, 0.29) is 5.89 Å². The Morgan fingerprint density at radius 1 is 0.931 bits per heavy atom. The molecule has 0 amide bonds. The summed E-state index contributed by atoms with van der Waals surface area (Å²) in [7, 11) is 0. The van der Waals surface area contributed by atoms with Crippen LogP contribution in [0.3, 0.4) is 0 Å². The van der Waals surface area contributed by atoms with E-state index in [0.717, 1.165) is 11.3 Å². The zero-order chi connectivity index (χ0) is 20.1. The quantitative estimate of drug-likeness (QED) is 0.492. The van der Waals surface area contributed by atoms with E-state index in [1.807, 2.05) is 54.6 Å². The number of benzene rings is 3. The van der Waals surface area contributed by atoms with Gasteiger partial charge in [-0.25, -0.2) is 4.79 Å². The Bertz CT molecular complexity index is 1120. The van der Waals surface area contributed by atoms with Crippen molar-refractivity contribution in [2.24, 2.45) is 0 Å². The van der Waals surface area contributed by atoms with Gasteiger partial charge >= 0.3 is 5.97 Å². The van der Waals surface area contributed by atoms with Crippen molar-refractivity contribution in [3.63, 3.8) is 0 Å². The number of carboxylic acids is 1. The first-order valence-electron chi connectivity index (χ1n) is 8.80. The van der Waals surface area contributed by atoms with Crippen LogP contribution < -0.4 is 9.47 Å². The van der Waals surface area contributed by atoms with Crippen LogP contribution in [0.15, 0.2) is 83.4 Å². The molecule has 7 nitrogen and oxygen atoms in total. The molecule has 7 heteroatoms. The normalized spacial score (nSPS) is 10.5. The lowest BCUT2D eigenvalue weighted by molar-refractivity contribution is -0.139. The minimum absolute atomic E-state index is 0.232. The molecule has 1 aromatic heterocycles. The van der Waals surface area contributed by atoms with Gasteiger partial charge in [-0.05, 0) is 36.4 Å². The van der Waals surface area contributed by atoms with Crippen molar-refractivity contribution in [3.8, 4) is 40.1 Å². The van der Waals surface area contributed by atoms with Gasteiger partial charge in [0, 0.05) is 5.56 Å². The summed E-state index contributed by atoms with van der Waals surface area (Å²) in [5, 5.41) is 12.9. The van der Waals surface area contributed by atoms with Crippen molar-refractivity contribution in [2.45, 2.75) is 0 Å². The van der Waals surface area contributed by atoms with E-state index in [4.69, 9.17) is 19.1 Å². The van der Waals surface area contributed by atoms with Gasteiger partial charge in [0.15, 0.2) is 6.61 Å². The van der Waals surface area contributed by atoms with Gasteiger partial charge in [0.2, 0.25) is 5.82 Å². The maximum Gasteiger partial charge on any atom is 0.341 e. The molecule has 144 valence electrons. The van der Waals surface area contributed by atoms with Gasteiger partial charge in [-0.1, -0.05) is 47.6 Å². The summed E-state index contributed by atoms with van der Waals surface area (Å²) in [5.41, 5.74) is 1.24. The monoisotopic (exact) mass is 388 g/mol. The van der Waals surface area contributed by atoms with Crippen LogP contribution >= 0.6 is 0 Å². The van der Waals surface area contributed by atoms with Crippen molar-refractivity contribution in [1.29, 1.82) is 0 Å². The van der Waals surface area contributed by atoms with Crippen molar-refractivity contribution >= 4 is 5.97 Å². The first kappa shape index (κ1) is 18.2. The molecule has 0 aliphatic carbocycles. The number of hydrogen-bond acceptors (Lipinski definition) is 6. The first-order chi connectivity index (χ1) is 14.2. The highest BCUT2D eigenvalue weighted by Crippen LogP contribution is 2.31. The zero-order valence-electron chi connectivity index (χ0n) is 15.2. The molecule has 0 spiro atoms. The third-order valence-corrected chi connectivity index (χ3v) is 3.97. The summed E-state index contributed by atoms with van der Waals surface area (Å²) < 4.78 is 16.5. The average molecular weight is 388 g/mol. The van der Waals surface area contributed by atoms with E-state index in [2.05, 4.69) is 10.1 Å². The SMILES string of the molecule is O=C(O)COc1ccccc1-c1nc(-c2cccc(Oc3ccccc3)c2)no1. The predicted octanol–water partition coefficient (Wildman–Crippen LogP) is 4.66. The predicted molar refractivity (Wildman–Crippen MR) is 105 cm³/mol. The number of carbonyl (C=O) groups is 1. The minimum atomic E-state index is -1.07. The highest BCUT2D eigenvalue weighted by Gasteiger charge is 2.16. The fourth-order valence-corrected chi connectivity index (χ4v) is 2.68. The Kier molecular flexibility index (Phi) is 5.20. The highest BCUT2D eigenvalue weighted by atomic mass is 16.5. The second-order valence-electron chi connectivity index (χ2n) is 6.04. The van der Waals surface area contributed by atoms with E-state index in [1.54, 1.807) is 24.3 Å². The number of hydrogen-bond donors (Lipinski definition) is 1. The summed E-state index contributed by atoms with van der Waals surface area (Å²) in [6.07, 6.45) is 0. The third kappa shape index (κ3) is 4.41. The van der Waals surface area contributed by atoms with Crippen LogP contribution in [-0.4, -0.2) is 27.8 Å². The standard InChI is InChI=1S/C22H16N2O5/c25-20(26)14-27-19-12-5-4-11-18(19)22-23-21(24-29-22)15-7-6-10-17(13-15)28-16-8-2-1-3-9-16/h1-13H,14H2,(H,25,26). The van der Waals surface area contributed by atoms with Gasteiger partial charge in [0.05, 0.1) is 5.56 Å². The molecule has 0 bridgehead atoms.